The van der Waals surface area contributed by atoms with Gasteiger partial charge in [0, 0.05) is 0 Å². The summed E-state index contributed by atoms with van der Waals surface area (Å²) in [7, 11) is 0. The highest BCUT2D eigenvalue weighted by Gasteiger charge is 2.08. The van der Waals surface area contributed by atoms with Crippen molar-refractivity contribution in [2.75, 3.05) is 0 Å². The Morgan fingerprint density at radius 2 is 1.60 bits per heavy atom. The van der Waals surface area contributed by atoms with Gasteiger partial charge < -0.3 is 0 Å². The van der Waals surface area contributed by atoms with Gasteiger partial charge in [-0.1, -0.05) is 59.5 Å². The zero-order chi connectivity index (χ0) is 11.7. The number of hydrogen-bond donors (Lipinski definition) is 0. The van der Waals surface area contributed by atoms with Crippen LogP contribution >= 0.6 is 0 Å². The lowest BCUT2D eigenvalue weighted by molar-refractivity contribution is 0.369. The molecule has 0 aromatic carbocycles. The normalized spacial score (nSPS) is 17.1. The van der Waals surface area contributed by atoms with Crippen LogP contribution in [0.15, 0.2) is 12.7 Å². The van der Waals surface area contributed by atoms with Crippen molar-refractivity contribution in [3.05, 3.63) is 12.7 Å². The summed E-state index contributed by atoms with van der Waals surface area (Å²) in [6, 6.07) is 0. The van der Waals surface area contributed by atoms with Gasteiger partial charge in [0.05, 0.1) is 0 Å². The molecule has 0 rings (SSSR count). The second-order valence-electron chi connectivity index (χ2n) is 5.41. The van der Waals surface area contributed by atoms with Crippen LogP contribution in [0.2, 0.25) is 0 Å². The minimum atomic E-state index is 0.820. The van der Waals surface area contributed by atoms with Crippen LogP contribution in [0.5, 0.6) is 0 Å². The molecule has 0 aliphatic carbocycles. The van der Waals surface area contributed by atoms with E-state index in [9.17, 15) is 0 Å². The molecule has 0 bridgehead atoms. The van der Waals surface area contributed by atoms with Gasteiger partial charge in [0.1, 0.15) is 0 Å². The first kappa shape index (κ1) is 14.7. The Balaban J connectivity index is 3.47. The molecule has 0 aliphatic heterocycles. The van der Waals surface area contributed by atoms with Crippen LogP contribution in [0.25, 0.3) is 0 Å². The van der Waals surface area contributed by atoms with Crippen LogP contribution < -0.4 is 0 Å². The average Bonchev–Trinajstić information content (AvgIpc) is 2.17. The predicted octanol–water partition coefficient (Wildman–Crippen LogP) is 5.44. The van der Waals surface area contributed by atoms with Gasteiger partial charge in [-0.2, -0.15) is 0 Å². The highest BCUT2D eigenvalue weighted by Crippen LogP contribution is 2.21. The summed E-state index contributed by atoms with van der Waals surface area (Å²) < 4.78 is 0. The van der Waals surface area contributed by atoms with Gasteiger partial charge in [0.25, 0.3) is 0 Å². The third-order valence-corrected chi connectivity index (χ3v) is 3.46. The Labute approximate surface area is 97.2 Å². The van der Waals surface area contributed by atoms with Crippen molar-refractivity contribution < 1.29 is 0 Å². The summed E-state index contributed by atoms with van der Waals surface area (Å²) >= 11 is 0. The van der Waals surface area contributed by atoms with Crippen molar-refractivity contribution in [2.24, 2.45) is 17.8 Å². The number of allylic oxidation sites excluding steroid dienone is 1. The van der Waals surface area contributed by atoms with Gasteiger partial charge >= 0.3 is 0 Å². The van der Waals surface area contributed by atoms with Crippen molar-refractivity contribution >= 4 is 0 Å². The topological polar surface area (TPSA) is 0 Å². The molecule has 3 unspecified atom stereocenters. The highest BCUT2D eigenvalue weighted by atomic mass is 14.1. The summed E-state index contributed by atoms with van der Waals surface area (Å²) in [5.41, 5.74) is 0. The Morgan fingerprint density at radius 3 is 2.13 bits per heavy atom. The van der Waals surface area contributed by atoms with E-state index in [0.717, 1.165) is 17.8 Å². The quantitative estimate of drug-likeness (QED) is 0.444. The largest absolute Gasteiger partial charge is 0.103 e. The Bertz CT molecular complexity index is 148. The van der Waals surface area contributed by atoms with E-state index in [0.29, 0.717) is 0 Å². The maximum absolute atomic E-state index is 3.80. The molecule has 0 radical (unpaired) electrons. The van der Waals surface area contributed by atoms with Crippen molar-refractivity contribution in [1.29, 1.82) is 0 Å². The fourth-order valence-corrected chi connectivity index (χ4v) is 2.20. The van der Waals surface area contributed by atoms with E-state index in [2.05, 4.69) is 40.3 Å². The first-order chi connectivity index (χ1) is 7.10. The Hall–Kier alpha value is -0.260. The first-order valence-corrected chi connectivity index (χ1v) is 6.71. The van der Waals surface area contributed by atoms with Crippen molar-refractivity contribution in [1.82, 2.24) is 0 Å². The van der Waals surface area contributed by atoms with E-state index in [1.807, 2.05) is 0 Å². The maximum atomic E-state index is 3.80. The van der Waals surface area contributed by atoms with E-state index >= 15 is 0 Å². The van der Waals surface area contributed by atoms with Gasteiger partial charge in [0.2, 0.25) is 0 Å². The van der Waals surface area contributed by atoms with Crippen LogP contribution in [0.3, 0.4) is 0 Å². The van der Waals surface area contributed by atoms with Crippen LogP contribution in [0, 0.1) is 17.8 Å². The Kier molecular flexibility index (Phi) is 8.85. The first-order valence-electron chi connectivity index (χ1n) is 6.71. The smallest absolute Gasteiger partial charge is 0.0327 e. The highest BCUT2D eigenvalue weighted by molar-refractivity contribution is 4.72. The molecule has 0 aromatic heterocycles. The van der Waals surface area contributed by atoms with Gasteiger partial charge in [-0.3, -0.25) is 0 Å². The molecule has 0 heterocycles. The molecule has 0 spiro atoms. The van der Waals surface area contributed by atoms with Gasteiger partial charge in [-0.25, -0.2) is 0 Å². The molecule has 0 heteroatoms. The lowest BCUT2D eigenvalue weighted by Gasteiger charge is -2.16. The summed E-state index contributed by atoms with van der Waals surface area (Å²) in [5.74, 6) is 2.63. The second-order valence-corrected chi connectivity index (χ2v) is 5.41. The van der Waals surface area contributed by atoms with E-state index in [4.69, 9.17) is 0 Å². The molecule has 0 aliphatic rings. The molecule has 0 nitrogen and oxygen atoms in total. The van der Waals surface area contributed by atoms with Crippen LogP contribution in [-0.2, 0) is 0 Å². The van der Waals surface area contributed by atoms with E-state index in [1.54, 1.807) is 0 Å². The summed E-state index contributed by atoms with van der Waals surface area (Å²) in [4.78, 5) is 0. The molecule has 0 amide bonds. The zero-order valence-electron chi connectivity index (χ0n) is 11.3. The molecule has 15 heavy (non-hydrogen) atoms. The molecule has 0 saturated carbocycles. The third-order valence-electron chi connectivity index (χ3n) is 3.46. The number of rotatable bonds is 9. The molecule has 0 N–H and O–H groups in total. The van der Waals surface area contributed by atoms with E-state index in [-0.39, 0.29) is 0 Å². The molecule has 0 fully saturated rings. The molecular weight excluding hydrogens is 180 g/mol. The van der Waals surface area contributed by atoms with Crippen molar-refractivity contribution in [3.63, 3.8) is 0 Å². The molecule has 3 atom stereocenters. The summed E-state index contributed by atoms with van der Waals surface area (Å²) in [6.07, 6.45) is 10.2. The van der Waals surface area contributed by atoms with Crippen molar-refractivity contribution in [3.8, 4) is 0 Å². The Morgan fingerprint density at radius 1 is 1.00 bits per heavy atom. The van der Waals surface area contributed by atoms with E-state index < -0.39 is 0 Å². The minimum Gasteiger partial charge on any atom is -0.103 e. The summed E-state index contributed by atoms with van der Waals surface area (Å²) in [6.45, 7) is 13.2. The molecule has 0 saturated heterocycles. The summed E-state index contributed by atoms with van der Waals surface area (Å²) in [5, 5.41) is 0. The second kappa shape index (κ2) is 9.00. The van der Waals surface area contributed by atoms with Gasteiger partial charge in [-0.05, 0) is 30.6 Å². The lowest BCUT2D eigenvalue weighted by atomic mass is 9.90. The maximum Gasteiger partial charge on any atom is -0.0327 e. The number of hydrogen-bond acceptors (Lipinski definition) is 0. The fourth-order valence-electron chi connectivity index (χ4n) is 2.20. The fraction of sp³-hybridized carbons (Fsp3) is 0.867. The van der Waals surface area contributed by atoms with E-state index in [1.165, 1.54) is 38.5 Å². The third kappa shape index (κ3) is 8.72. The van der Waals surface area contributed by atoms with Crippen LogP contribution in [0.4, 0.5) is 0 Å². The molecule has 90 valence electrons. The van der Waals surface area contributed by atoms with Gasteiger partial charge in [0.15, 0.2) is 0 Å². The van der Waals surface area contributed by atoms with Crippen LogP contribution in [-0.4, -0.2) is 0 Å². The average molecular weight is 210 g/mol. The van der Waals surface area contributed by atoms with Crippen molar-refractivity contribution in [2.45, 2.75) is 66.2 Å². The molecule has 0 aromatic rings. The lowest BCUT2D eigenvalue weighted by Crippen LogP contribution is -2.03. The minimum absolute atomic E-state index is 0.820. The molecular formula is C15H30. The van der Waals surface area contributed by atoms with Gasteiger partial charge in [-0.15, -0.1) is 6.58 Å². The van der Waals surface area contributed by atoms with Crippen LogP contribution in [0.1, 0.15) is 66.2 Å². The zero-order valence-corrected chi connectivity index (χ0v) is 11.3. The monoisotopic (exact) mass is 210 g/mol. The standard InChI is InChI=1S/C15H30/c1-6-9-14(4)12-15(5)11-8-10-13(3)7-2/h6,13-15H,1,7-12H2,2-5H3. The SMILES string of the molecule is C=CCC(C)CC(C)CCCC(C)CC. The predicted molar refractivity (Wildman–Crippen MR) is 71.1 cm³/mol.